The molecule has 0 fully saturated rings. The van der Waals surface area contributed by atoms with Gasteiger partial charge in [-0.1, -0.05) is 0 Å². The van der Waals surface area contributed by atoms with E-state index in [-0.39, 0.29) is 29.0 Å². The van der Waals surface area contributed by atoms with Crippen LogP contribution in [0.25, 0.3) is 0 Å². The molecule has 1 aromatic rings. The molecule has 0 radical (unpaired) electrons. The van der Waals surface area contributed by atoms with Crippen LogP contribution in [0.2, 0.25) is 0 Å². The molecule has 1 aromatic heterocycles. The standard InChI is InChI=1S/C11H16N4O3S/c1-7(6-19-3)14(2)11(16)9-4-8(15(17)18)5-13-10(9)12/h4-5,7H,6H2,1-3H3,(H2,12,13). The monoisotopic (exact) mass is 284 g/mol. The molecule has 7 nitrogen and oxygen atoms in total. The maximum absolute atomic E-state index is 12.2. The maximum Gasteiger partial charge on any atom is 0.288 e. The van der Waals surface area contributed by atoms with Gasteiger partial charge in [0, 0.05) is 24.9 Å². The molecule has 1 heterocycles. The summed E-state index contributed by atoms with van der Waals surface area (Å²) in [6.07, 6.45) is 2.98. The molecule has 0 aromatic carbocycles. The lowest BCUT2D eigenvalue weighted by atomic mass is 10.2. The van der Waals surface area contributed by atoms with Gasteiger partial charge in [0.2, 0.25) is 0 Å². The first kappa shape index (κ1) is 15.2. The molecule has 1 atom stereocenters. The first-order valence-corrected chi connectivity index (χ1v) is 6.93. The van der Waals surface area contributed by atoms with Crippen LogP contribution in [0.3, 0.4) is 0 Å². The second-order valence-corrected chi connectivity index (χ2v) is 5.01. The highest BCUT2D eigenvalue weighted by Gasteiger charge is 2.22. The number of thioether (sulfide) groups is 1. The zero-order valence-corrected chi connectivity index (χ0v) is 11.8. The number of nitrogens with zero attached hydrogens (tertiary/aromatic N) is 3. The fourth-order valence-corrected chi connectivity index (χ4v) is 2.18. The van der Waals surface area contributed by atoms with Gasteiger partial charge in [0.05, 0.1) is 10.5 Å². The van der Waals surface area contributed by atoms with Crippen molar-refractivity contribution in [3.63, 3.8) is 0 Å². The third kappa shape index (κ3) is 3.57. The SMILES string of the molecule is CSCC(C)N(C)C(=O)c1cc([N+](=O)[O-])cnc1N. The van der Waals surface area contributed by atoms with Gasteiger partial charge in [-0.3, -0.25) is 14.9 Å². The molecule has 0 aliphatic carbocycles. The van der Waals surface area contributed by atoms with Crippen molar-refractivity contribution in [2.45, 2.75) is 13.0 Å². The van der Waals surface area contributed by atoms with Gasteiger partial charge in [0.15, 0.2) is 0 Å². The average molecular weight is 284 g/mol. The number of nitrogen functional groups attached to an aromatic ring is 1. The van der Waals surface area contributed by atoms with Gasteiger partial charge in [-0.15, -0.1) is 0 Å². The number of anilines is 1. The van der Waals surface area contributed by atoms with Crippen molar-refractivity contribution in [3.8, 4) is 0 Å². The Hall–Kier alpha value is -1.83. The van der Waals surface area contributed by atoms with Crippen molar-refractivity contribution >= 4 is 29.2 Å². The van der Waals surface area contributed by atoms with Crippen LogP contribution < -0.4 is 5.73 Å². The maximum atomic E-state index is 12.2. The largest absolute Gasteiger partial charge is 0.383 e. The normalized spacial score (nSPS) is 11.9. The summed E-state index contributed by atoms with van der Waals surface area (Å²) in [4.78, 5) is 27.5. The molecule has 1 rings (SSSR count). The van der Waals surface area contributed by atoms with Crippen molar-refractivity contribution in [2.75, 3.05) is 24.8 Å². The summed E-state index contributed by atoms with van der Waals surface area (Å²) in [7, 11) is 1.64. The fraction of sp³-hybridized carbons (Fsp3) is 0.455. The van der Waals surface area contributed by atoms with E-state index in [9.17, 15) is 14.9 Å². The molecule has 19 heavy (non-hydrogen) atoms. The third-order valence-electron chi connectivity index (χ3n) is 2.73. The Kier molecular flexibility index (Phi) is 5.11. The van der Waals surface area contributed by atoms with Crippen LogP contribution in [0.1, 0.15) is 17.3 Å². The minimum absolute atomic E-state index is 0.00108. The minimum Gasteiger partial charge on any atom is -0.383 e. The van der Waals surface area contributed by atoms with Crippen LogP contribution in [-0.4, -0.2) is 45.8 Å². The summed E-state index contributed by atoms with van der Waals surface area (Å²) in [6, 6.07) is 1.16. The molecule has 0 saturated carbocycles. The zero-order valence-electron chi connectivity index (χ0n) is 11.0. The van der Waals surface area contributed by atoms with Crippen LogP contribution in [0.5, 0.6) is 0 Å². The lowest BCUT2D eigenvalue weighted by molar-refractivity contribution is -0.385. The van der Waals surface area contributed by atoms with Gasteiger partial charge >= 0.3 is 0 Å². The van der Waals surface area contributed by atoms with E-state index in [1.807, 2.05) is 13.2 Å². The number of carbonyl (C=O) groups excluding carboxylic acids is 1. The smallest absolute Gasteiger partial charge is 0.288 e. The van der Waals surface area contributed by atoms with E-state index in [0.717, 1.165) is 18.0 Å². The van der Waals surface area contributed by atoms with E-state index in [4.69, 9.17) is 5.73 Å². The van der Waals surface area contributed by atoms with Crippen LogP contribution in [0.4, 0.5) is 11.5 Å². The van der Waals surface area contributed by atoms with Crippen molar-refractivity contribution in [1.29, 1.82) is 0 Å². The van der Waals surface area contributed by atoms with Crippen LogP contribution in [-0.2, 0) is 0 Å². The number of nitrogens with two attached hydrogens (primary N) is 1. The number of rotatable bonds is 5. The van der Waals surface area contributed by atoms with Gasteiger partial charge in [-0.05, 0) is 13.2 Å². The Morgan fingerprint density at radius 3 is 2.84 bits per heavy atom. The number of aromatic nitrogens is 1. The quantitative estimate of drug-likeness (QED) is 0.647. The molecular formula is C11H16N4O3S. The van der Waals surface area contributed by atoms with E-state index < -0.39 is 4.92 Å². The molecule has 1 amide bonds. The lowest BCUT2D eigenvalue weighted by Gasteiger charge is -2.24. The number of amides is 1. The molecule has 1 unspecified atom stereocenters. The number of pyridine rings is 1. The number of hydrogen-bond donors (Lipinski definition) is 1. The summed E-state index contributed by atoms with van der Waals surface area (Å²) < 4.78 is 0. The van der Waals surface area contributed by atoms with E-state index in [0.29, 0.717) is 0 Å². The predicted octanol–water partition coefficient (Wildman–Crippen LogP) is 1.40. The van der Waals surface area contributed by atoms with Gasteiger partial charge in [-0.2, -0.15) is 11.8 Å². The van der Waals surface area contributed by atoms with Crippen molar-refractivity contribution in [3.05, 3.63) is 27.9 Å². The van der Waals surface area contributed by atoms with Crippen LogP contribution >= 0.6 is 11.8 Å². The van der Waals surface area contributed by atoms with E-state index in [1.54, 1.807) is 18.8 Å². The Morgan fingerprint density at radius 1 is 1.68 bits per heavy atom. The summed E-state index contributed by atoms with van der Waals surface area (Å²) in [5, 5.41) is 10.7. The second kappa shape index (κ2) is 6.37. The first-order valence-electron chi connectivity index (χ1n) is 5.54. The van der Waals surface area contributed by atoms with E-state index in [2.05, 4.69) is 4.98 Å². The molecule has 0 aliphatic heterocycles. The Labute approximate surface area is 115 Å². The first-order chi connectivity index (χ1) is 8.88. The van der Waals surface area contributed by atoms with Gasteiger partial charge < -0.3 is 10.6 Å². The van der Waals surface area contributed by atoms with Crippen molar-refractivity contribution in [1.82, 2.24) is 9.88 Å². The summed E-state index contributed by atoms with van der Waals surface area (Å²) >= 11 is 1.61. The molecule has 0 saturated heterocycles. The van der Waals surface area contributed by atoms with Crippen LogP contribution in [0, 0.1) is 10.1 Å². The number of nitro groups is 1. The van der Waals surface area contributed by atoms with Gasteiger partial charge in [-0.25, -0.2) is 4.98 Å². The number of hydrogen-bond acceptors (Lipinski definition) is 6. The topological polar surface area (TPSA) is 102 Å². The fourth-order valence-electron chi connectivity index (χ4n) is 1.48. The molecule has 8 heteroatoms. The predicted molar refractivity (Wildman–Crippen MR) is 75.2 cm³/mol. The van der Waals surface area contributed by atoms with Gasteiger partial charge in [0.25, 0.3) is 11.6 Å². The number of carbonyl (C=O) groups is 1. The Balaban J connectivity index is 3.04. The molecule has 104 valence electrons. The van der Waals surface area contributed by atoms with Crippen molar-refractivity contribution < 1.29 is 9.72 Å². The lowest BCUT2D eigenvalue weighted by Crippen LogP contribution is -2.37. The summed E-state index contributed by atoms with van der Waals surface area (Å²) in [5.74, 6) is 0.402. The highest BCUT2D eigenvalue weighted by Crippen LogP contribution is 2.19. The van der Waals surface area contributed by atoms with Crippen molar-refractivity contribution in [2.24, 2.45) is 0 Å². The summed E-state index contributed by atoms with van der Waals surface area (Å²) in [6.45, 7) is 1.90. The molecule has 0 aliphatic rings. The highest BCUT2D eigenvalue weighted by molar-refractivity contribution is 7.98. The highest BCUT2D eigenvalue weighted by atomic mass is 32.2. The zero-order chi connectivity index (χ0) is 14.6. The second-order valence-electron chi connectivity index (χ2n) is 4.10. The van der Waals surface area contributed by atoms with Gasteiger partial charge in [0.1, 0.15) is 12.0 Å². The third-order valence-corrected chi connectivity index (χ3v) is 3.55. The Bertz CT molecular complexity index is 495. The Morgan fingerprint density at radius 2 is 2.32 bits per heavy atom. The molecule has 2 N–H and O–H groups in total. The minimum atomic E-state index is -0.603. The van der Waals surface area contributed by atoms with Crippen LogP contribution in [0.15, 0.2) is 12.3 Å². The molecular weight excluding hydrogens is 268 g/mol. The average Bonchev–Trinajstić information content (AvgIpc) is 2.37. The summed E-state index contributed by atoms with van der Waals surface area (Å²) in [5.41, 5.74) is 5.43. The van der Waals surface area contributed by atoms with E-state index in [1.165, 1.54) is 4.90 Å². The molecule has 0 bridgehead atoms. The van der Waals surface area contributed by atoms with E-state index >= 15 is 0 Å². The molecule has 0 spiro atoms.